The molecular formula is C20H24N2O4S. The standard InChI is InChI=1S/C20H24N2O4S/c1-12(2)11-26-19(24)17-13(3)21-20-22(16(23)8-9-27-20)18(17)14-6-5-7-15(10-14)25-4/h5-7,10,12,18H,8-9,11H2,1-4H3. The lowest BCUT2D eigenvalue weighted by Gasteiger charge is -2.39. The summed E-state index contributed by atoms with van der Waals surface area (Å²) < 4.78 is 10.8. The first-order valence-electron chi connectivity index (χ1n) is 8.97. The zero-order valence-corrected chi connectivity index (χ0v) is 16.8. The lowest BCUT2D eigenvalue weighted by atomic mass is 9.94. The third-order valence-corrected chi connectivity index (χ3v) is 5.34. The third kappa shape index (κ3) is 4.03. The van der Waals surface area contributed by atoms with E-state index in [2.05, 4.69) is 4.99 Å². The maximum absolute atomic E-state index is 12.9. The van der Waals surface area contributed by atoms with Gasteiger partial charge >= 0.3 is 5.97 Å². The molecule has 6 nitrogen and oxygen atoms in total. The van der Waals surface area contributed by atoms with E-state index in [0.29, 0.717) is 41.0 Å². The van der Waals surface area contributed by atoms with Crippen LogP contribution in [0.15, 0.2) is 40.5 Å². The van der Waals surface area contributed by atoms with Crippen molar-refractivity contribution in [2.75, 3.05) is 19.5 Å². The number of fused-ring (bicyclic) bond motifs is 1. The number of amidine groups is 1. The molecule has 0 saturated carbocycles. The van der Waals surface area contributed by atoms with Gasteiger partial charge in [-0.15, -0.1) is 0 Å². The molecular weight excluding hydrogens is 364 g/mol. The summed E-state index contributed by atoms with van der Waals surface area (Å²) in [6.45, 7) is 6.08. The van der Waals surface area contributed by atoms with E-state index in [1.165, 1.54) is 11.8 Å². The van der Waals surface area contributed by atoms with Crippen LogP contribution in [0.1, 0.15) is 38.8 Å². The fourth-order valence-corrected chi connectivity index (χ4v) is 4.11. The van der Waals surface area contributed by atoms with Crippen molar-refractivity contribution < 1.29 is 19.1 Å². The van der Waals surface area contributed by atoms with Crippen LogP contribution in [0.2, 0.25) is 0 Å². The second-order valence-corrected chi connectivity index (χ2v) is 7.99. The Morgan fingerprint density at radius 2 is 2.19 bits per heavy atom. The molecule has 0 radical (unpaired) electrons. The van der Waals surface area contributed by atoms with Crippen molar-refractivity contribution in [2.24, 2.45) is 10.9 Å². The fraction of sp³-hybridized carbons (Fsp3) is 0.450. The molecule has 3 rings (SSSR count). The van der Waals surface area contributed by atoms with Crippen LogP contribution in [0.3, 0.4) is 0 Å². The molecule has 1 unspecified atom stereocenters. The average Bonchev–Trinajstić information content (AvgIpc) is 2.65. The van der Waals surface area contributed by atoms with Crippen molar-refractivity contribution in [3.05, 3.63) is 41.1 Å². The highest BCUT2D eigenvalue weighted by Crippen LogP contribution is 2.41. The van der Waals surface area contributed by atoms with Crippen molar-refractivity contribution in [3.63, 3.8) is 0 Å². The van der Waals surface area contributed by atoms with Crippen LogP contribution in [-0.4, -0.2) is 41.4 Å². The Balaban J connectivity index is 2.08. The number of carbonyl (C=O) groups excluding carboxylic acids is 2. The monoisotopic (exact) mass is 388 g/mol. The van der Waals surface area contributed by atoms with Gasteiger partial charge in [-0.2, -0.15) is 0 Å². The van der Waals surface area contributed by atoms with E-state index in [0.717, 1.165) is 5.56 Å². The molecule has 0 spiro atoms. The van der Waals surface area contributed by atoms with Crippen LogP contribution in [0.4, 0.5) is 0 Å². The molecule has 1 fully saturated rings. The number of rotatable bonds is 5. The second kappa shape index (κ2) is 8.17. The number of nitrogens with zero attached hydrogens (tertiary/aromatic N) is 2. The lowest BCUT2D eigenvalue weighted by molar-refractivity contribution is -0.141. The maximum atomic E-state index is 12.9. The maximum Gasteiger partial charge on any atom is 0.338 e. The molecule has 1 atom stereocenters. The van der Waals surface area contributed by atoms with Crippen LogP contribution in [-0.2, 0) is 14.3 Å². The van der Waals surface area contributed by atoms with Crippen LogP contribution in [0.25, 0.3) is 0 Å². The van der Waals surface area contributed by atoms with Gasteiger partial charge in [0, 0.05) is 12.2 Å². The van der Waals surface area contributed by atoms with Crippen molar-refractivity contribution in [3.8, 4) is 5.75 Å². The van der Waals surface area contributed by atoms with Gasteiger partial charge in [0.1, 0.15) is 5.75 Å². The Morgan fingerprint density at radius 3 is 2.89 bits per heavy atom. The second-order valence-electron chi connectivity index (χ2n) is 6.93. The fourth-order valence-electron chi connectivity index (χ4n) is 3.10. The van der Waals surface area contributed by atoms with Crippen LogP contribution >= 0.6 is 11.8 Å². The minimum Gasteiger partial charge on any atom is -0.497 e. The number of benzene rings is 1. The van der Waals surface area contributed by atoms with Crippen molar-refractivity contribution in [1.82, 2.24) is 4.90 Å². The number of amides is 1. The normalized spacial score (nSPS) is 19.7. The molecule has 0 aliphatic carbocycles. The Hall–Kier alpha value is -2.28. The van der Waals surface area contributed by atoms with Crippen molar-refractivity contribution in [1.29, 1.82) is 0 Å². The van der Waals surface area contributed by atoms with E-state index in [9.17, 15) is 9.59 Å². The van der Waals surface area contributed by atoms with Gasteiger partial charge in [0.25, 0.3) is 0 Å². The molecule has 1 amide bonds. The predicted molar refractivity (Wildman–Crippen MR) is 106 cm³/mol. The smallest absolute Gasteiger partial charge is 0.338 e. The van der Waals surface area contributed by atoms with Crippen LogP contribution in [0, 0.1) is 5.92 Å². The zero-order valence-electron chi connectivity index (χ0n) is 16.0. The SMILES string of the molecule is COc1cccc(C2C(C(=O)OCC(C)C)=C(C)N=C3SCCC(=O)N32)c1. The van der Waals surface area contributed by atoms with E-state index >= 15 is 0 Å². The molecule has 7 heteroatoms. The summed E-state index contributed by atoms with van der Waals surface area (Å²) in [7, 11) is 1.59. The first-order valence-corrected chi connectivity index (χ1v) is 9.96. The topological polar surface area (TPSA) is 68.2 Å². The Kier molecular flexibility index (Phi) is 5.89. The third-order valence-electron chi connectivity index (χ3n) is 4.38. The Labute approximate surface area is 163 Å². The first-order chi connectivity index (χ1) is 12.9. The van der Waals surface area contributed by atoms with Gasteiger partial charge in [-0.3, -0.25) is 9.69 Å². The van der Waals surface area contributed by atoms with E-state index in [-0.39, 0.29) is 11.8 Å². The molecule has 2 aliphatic rings. The molecule has 2 aliphatic heterocycles. The number of thioether (sulfide) groups is 1. The molecule has 0 N–H and O–H groups in total. The molecule has 0 aromatic heterocycles. The summed E-state index contributed by atoms with van der Waals surface area (Å²) in [5.74, 6) is 1.11. The van der Waals surface area contributed by atoms with Crippen LogP contribution < -0.4 is 4.74 Å². The molecule has 0 bridgehead atoms. The van der Waals surface area contributed by atoms with Crippen molar-refractivity contribution >= 4 is 28.8 Å². The number of ether oxygens (including phenoxy) is 2. The largest absolute Gasteiger partial charge is 0.497 e. The van der Waals surface area contributed by atoms with Gasteiger partial charge in [0.2, 0.25) is 5.91 Å². The Bertz CT molecular complexity index is 816. The summed E-state index contributed by atoms with van der Waals surface area (Å²) in [5, 5.41) is 0.636. The zero-order chi connectivity index (χ0) is 19.6. The number of hydrogen-bond donors (Lipinski definition) is 0. The van der Waals surface area contributed by atoms with Gasteiger partial charge in [-0.05, 0) is 30.5 Å². The Morgan fingerprint density at radius 1 is 1.41 bits per heavy atom. The van der Waals surface area contributed by atoms with Crippen molar-refractivity contribution in [2.45, 2.75) is 33.2 Å². The first kappa shape index (κ1) is 19.5. The van der Waals surface area contributed by atoms with Gasteiger partial charge in [0.15, 0.2) is 5.17 Å². The predicted octanol–water partition coefficient (Wildman–Crippen LogP) is 3.54. The summed E-state index contributed by atoms with van der Waals surface area (Å²) in [4.78, 5) is 31.8. The average molecular weight is 388 g/mol. The summed E-state index contributed by atoms with van der Waals surface area (Å²) >= 11 is 1.53. The lowest BCUT2D eigenvalue weighted by Crippen LogP contribution is -2.45. The highest BCUT2D eigenvalue weighted by molar-refractivity contribution is 8.14. The number of carbonyl (C=O) groups is 2. The number of hydrogen-bond acceptors (Lipinski definition) is 6. The molecule has 1 aromatic rings. The number of esters is 1. The minimum absolute atomic E-state index is 0.0398. The molecule has 144 valence electrons. The summed E-state index contributed by atoms with van der Waals surface area (Å²) in [6, 6.07) is 6.87. The highest BCUT2D eigenvalue weighted by atomic mass is 32.2. The van der Waals surface area contributed by atoms with E-state index in [1.54, 1.807) is 18.9 Å². The van der Waals surface area contributed by atoms with Gasteiger partial charge < -0.3 is 9.47 Å². The van der Waals surface area contributed by atoms with E-state index in [1.807, 2.05) is 38.1 Å². The number of aliphatic imine (C=N–C) groups is 1. The molecule has 1 saturated heterocycles. The molecule has 27 heavy (non-hydrogen) atoms. The van der Waals surface area contributed by atoms with Gasteiger partial charge in [0.05, 0.1) is 31.0 Å². The minimum atomic E-state index is -0.562. The summed E-state index contributed by atoms with van der Waals surface area (Å²) in [5.41, 5.74) is 1.79. The number of allylic oxidation sites excluding steroid dienone is 1. The van der Waals surface area contributed by atoms with Gasteiger partial charge in [-0.25, -0.2) is 9.79 Å². The van der Waals surface area contributed by atoms with E-state index < -0.39 is 12.0 Å². The number of methoxy groups -OCH3 is 1. The molecule has 2 heterocycles. The van der Waals surface area contributed by atoms with Crippen LogP contribution in [0.5, 0.6) is 5.75 Å². The van der Waals surface area contributed by atoms with E-state index in [4.69, 9.17) is 9.47 Å². The van der Waals surface area contributed by atoms with Gasteiger partial charge in [-0.1, -0.05) is 37.7 Å². The summed E-state index contributed by atoms with van der Waals surface area (Å²) in [6.07, 6.45) is 0.414. The quantitative estimate of drug-likeness (QED) is 0.722. The highest BCUT2D eigenvalue weighted by Gasteiger charge is 2.41. The molecule has 1 aromatic carbocycles.